The first-order chi connectivity index (χ1) is 10.2. The number of nitrogens with zero attached hydrogens (tertiary/aromatic N) is 3. The van der Waals surface area contributed by atoms with Crippen molar-refractivity contribution in [1.82, 2.24) is 14.8 Å². The van der Waals surface area contributed by atoms with Crippen molar-refractivity contribution < 1.29 is 13.7 Å². The molecule has 1 aliphatic heterocycles. The lowest BCUT2D eigenvalue weighted by atomic mass is 9.80. The molecule has 116 valence electrons. The van der Waals surface area contributed by atoms with Gasteiger partial charge in [0.25, 0.3) is 0 Å². The Bertz CT molecular complexity index is 681. The fourth-order valence-corrected chi connectivity index (χ4v) is 2.30. The van der Waals surface area contributed by atoms with Crippen LogP contribution in [0.3, 0.4) is 0 Å². The summed E-state index contributed by atoms with van der Waals surface area (Å²) in [4.78, 5) is 4.29. The molecule has 5 nitrogen and oxygen atoms in total. The minimum absolute atomic E-state index is 0.239. The van der Waals surface area contributed by atoms with E-state index in [4.69, 9.17) is 9.31 Å². The number of hydrogen-bond acceptors (Lipinski definition) is 4. The van der Waals surface area contributed by atoms with Gasteiger partial charge in [-0.2, -0.15) is 5.10 Å². The Labute approximate surface area is 129 Å². The van der Waals surface area contributed by atoms with Crippen molar-refractivity contribution in [1.29, 1.82) is 0 Å². The Kier molecular flexibility index (Phi) is 3.38. The summed E-state index contributed by atoms with van der Waals surface area (Å²) < 4.78 is 27.1. The van der Waals surface area contributed by atoms with Gasteiger partial charge in [0.05, 0.1) is 23.1 Å². The van der Waals surface area contributed by atoms with Gasteiger partial charge < -0.3 is 9.31 Å². The Morgan fingerprint density at radius 1 is 1.14 bits per heavy atom. The number of aryl methyl sites for hydroxylation is 1. The Hall–Kier alpha value is -1.73. The molecule has 3 rings (SSSR count). The van der Waals surface area contributed by atoms with Gasteiger partial charge in [0, 0.05) is 18.7 Å². The van der Waals surface area contributed by atoms with Gasteiger partial charge >= 0.3 is 7.12 Å². The number of halogens is 1. The highest BCUT2D eigenvalue weighted by molar-refractivity contribution is 6.62. The molecule has 0 N–H and O–H groups in total. The van der Waals surface area contributed by atoms with Crippen molar-refractivity contribution in [2.45, 2.75) is 38.9 Å². The second-order valence-corrected chi connectivity index (χ2v) is 6.56. The van der Waals surface area contributed by atoms with Crippen molar-refractivity contribution >= 4 is 12.6 Å². The van der Waals surface area contributed by atoms with Gasteiger partial charge in [-0.25, -0.2) is 4.39 Å². The Balaban J connectivity index is 1.85. The Morgan fingerprint density at radius 2 is 1.77 bits per heavy atom. The molecular weight excluding hydrogens is 284 g/mol. The van der Waals surface area contributed by atoms with Gasteiger partial charge in [-0.3, -0.25) is 9.67 Å². The summed E-state index contributed by atoms with van der Waals surface area (Å²) in [7, 11) is 1.20. The Morgan fingerprint density at radius 3 is 2.23 bits per heavy atom. The third-order valence-electron chi connectivity index (χ3n) is 4.34. The van der Waals surface area contributed by atoms with E-state index >= 15 is 0 Å². The van der Waals surface area contributed by atoms with Gasteiger partial charge in [0.2, 0.25) is 0 Å². The third-order valence-corrected chi connectivity index (χ3v) is 4.34. The zero-order chi connectivity index (χ0) is 16.1. The standard InChI is InChI=1S/C15H19BFN3O2/c1-14(2)15(3,4)22-16(21-14)10-6-7-12(18-8-10)13-11(17)9-20(5)19-13/h6-9H,1-5H3. The predicted octanol–water partition coefficient (Wildman–Crippen LogP) is 1.92. The summed E-state index contributed by atoms with van der Waals surface area (Å²) in [6.07, 6.45) is 2.96. The summed E-state index contributed by atoms with van der Waals surface area (Å²) >= 11 is 0. The van der Waals surface area contributed by atoms with Crippen LogP contribution < -0.4 is 5.46 Å². The van der Waals surface area contributed by atoms with E-state index in [2.05, 4.69) is 10.1 Å². The molecule has 0 aromatic carbocycles. The molecule has 7 heteroatoms. The molecule has 0 radical (unpaired) electrons. The van der Waals surface area contributed by atoms with Crippen LogP contribution in [0.4, 0.5) is 4.39 Å². The van der Waals surface area contributed by atoms with Crippen molar-refractivity contribution in [2.24, 2.45) is 7.05 Å². The zero-order valence-corrected chi connectivity index (χ0v) is 13.4. The maximum Gasteiger partial charge on any atom is 0.496 e. The van der Waals surface area contributed by atoms with E-state index in [0.717, 1.165) is 5.46 Å². The fourth-order valence-electron chi connectivity index (χ4n) is 2.30. The van der Waals surface area contributed by atoms with E-state index in [0.29, 0.717) is 5.69 Å². The van der Waals surface area contributed by atoms with E-state index in [-0.39, 0.29) is 5.69 Å². The number of pyridine rings is 1. The molecule has 1 fully saturated rings. The van der Waals surface area contributed by atoms with Crippen LogP contribution in [0.15, 0.2) is 24.5 Å². The quantitative estimate of drug-likeness (QED) is 0.795. The number of rotatable bonds is 2. The molecule has 0 aliphatic carbocycles. The smallest absolute Gasteiger partial charge is 0.399 e. The molecule has 1 saturated heterocycles. The van der Waals surface area contributed by atoms with E-state index in [9.17, 15) is 4.39 Å². The summed E-state index contributed by atoms with van der Waals surface area (Å²) in [5, 5.41) is 4.07. The minimum Gasteiger partial charge on any atom is -0.399 e. The monoisotopic (exact) mass is 303 g/mol. The fraction of sp³-hybridized carbons (Fsp3) is 0.467. The first-order valence-electron chi connectivity index (χ1n) is 7.21. The highest BCUT2D eigenvalue weighted by Crippen LogP contribution is 2.36. The van der Waals surface area contributed by atoms with Crippen molar-refractivity contribution in [3.63, 3.8) is 0 Å². The predicted molar refractivity (Wildman–Crippen MR) is 82.1 cm³/mol. The normalized spacial score (nSPS) is 19.6. The highest BCUT2D eigenvalue weighted by atomic mass is 19.1. The molecule has 0 spiro atoms. The average molecular weight is 303 g/mol. The molecule has 0 bridgehead atoms. The molecule has 1 aliphatic rings. The van der Waals surface area contributed by atoms with Crippen LogP contribution in [-0.4, -0.2) is 33.1 Å². The van der Waals surface area contributed by atoms with Gasteiger partial charge in [0.15, 0.2) is 5.82 Å². The lowest BCUT2D eigenvalue weighted by Crippen LogP contribution is -2.41. The first kappa shape index (κ1) is 15.2. The van der Waals surface area contributed by atoms with Gasteiger partial charge in [-0.1, -0.05) is 6.07 Å². The van der Waals surface area contributed by atoms with Crippen LogP contribution in [0.1, 0.15) is 27.7 Å². The lowest BCUT2D eigenvalue weighted by molar-refractivity contribution is 0.00578. The summed E-state index contributed by atoms with van der Waals surface area (Å²) in [5.74, 6) is -0.390. The molecule has 3 heterocycles. The lowest BCUT2D eigenvalue weighted by Gasteiger charge is -2.32. The second-order valence-electron chi connectivity index (χ2n) is 6.56. The van der Waals surface area contributed by atoms with Crippen molar-refractivity contribution in [2.75, 3.05) is 0 Å². The van der Waals surface area contributed by atoms with Crippen molar-refractivity contribution in [3.05, 3.63) is 30.3 Å². The van der Waals surface area contributed by atoms with Crippen LogP contribution >= 0.6 is 0 Å². The van der Waals surface area contributed by atoms with Crippen LogP contribution in [0.25, 0.3) is 11.4 Å². The average Bonchev–Trinajstić information content (AvgIpc) is 2.86. The van der Waals surface area contributed by atoms with Crippen LogP contribution in [0, 0.1) is 5.82 Å². The first-order valence-corrected chi connectivity index (χ1v) is 7.21. The van der Waals surface area contributed by atoms with Crippen LogP contribution in [0.5, 0.6) is 0 Å². The molecule has 0 unspecified atom stereocenters. The van der Waals surface area contributed by atoms with Crippen molar-refractivity contribution in [3.8, 4) is 11.4 Å². The van der Waals surface area contributed by atoms with Gasteiger partial charge in [-0.15, -0.1) is 0 Å². The van der Waals surface area contributed by atoms with E-state index in [1.165, 1.54) is 10.9 Å². The maximum absolute atomic E-state index is 13.7. The zero-order valence-electron chi connectivity index (χ0n) is 13.4. The molecule has 2 aromatic rings. The van der Waals surface area contributed by atoms with Crippen LogP contribution in [0.2, 0.25) is 0 Å². The van der Waals surface area contributed by atoms with Crippen LogP contribution in [-0.2, 0) is 16.4 Å². The van der Waals surface area contributed by atoms with E-state index in [1.54, 1.807) is 19.3 Å². The molecule has 2 aromatic heterocycles. The van der Waals surface area contributed by atoms with Gasteiger partial charge in [0.1, 0.15) is 5.69 Å². The summed E-state index contributed by atoms with van der Waals surface area (Å²) in [5.41, 5.74) is 0.729. The minimum atomic E-state index is -0.472. The maximum atomic E-state index is 13.7. The molecular formula is C15H19BFN3O2. The van der Waals surface area contributed by atoms with E-state index < -0.39 is 24.1 Å². The molecule has 0 saturated carbocycles. The SMILES string of the molecule is Cn1cc(F)c(-c2ccc(B3OC(C)(C)C(C)(C)O3)cn2)n1. The molecule has 0 amide bonds. The number of aromatic nitrogens is 3. The van der Waals surface area contributed by atoms with Gasteiger partial charge in [-0.05, 0) is 33.8 Å². The highest BCUT2D eigenvalue weighted by Gasteiger charge is 2.51. The molecule has 0 atom stereocenters. The number of hydrogen-bond donors (Lipinski definition) is 0. The molecule has 22 heavy (non-hydrogen) atoms. The second kappa shape index (κ2) is 4.89. The topological polar surface area (TPSA) is 49.2 Å². The third kappa shape index (κ3) is 2.44. The largest absolute Gasteiger partial charge is 0.496 e. The summed E-state index contributed by atoms with van der Waals surface area (Å²) in [6, 6.07) is 3.56. The van der Waals surface area contributed by atoms with E-state index in [1.807, 2.05) is 33.8 Å². The summed E-state index contributed by atoms with van der Waals surface area (Å²) in [6.45, 7) is 7.99.